The van der Waals surface area contributed by atoms with Gasteiger partial charge in [0.15, 0.2) is 0 Å². The Morgan fingerprint density at radius 1 is 1.15 bits per heavy atom. The quantitative estimate of drug-likeness (QED) is 0.284. The molecular weight excluding hydrogens is 295 g/mol. The predicted molar refractivity (Wildman–Crippen MR) is 66.7 cm³/mol. The summed E-state index contributed by atoms with van der Waals surface area (Å²) in [5.41, 5.74) is 0. The zero-order valence-corrected chi connectivity index (χ0v) is 12.1. The Morgan fingerprint density at radius 2 is 1.70 bits per heavy atom. The number of esters is 1. The second-order valence-electron chi connectivity index (χ2n) is 3.98. The summed E-state index contributed by atoms with van der Waals surface area (Å²) in [5, 5.41) is 26.8. The van der Waals surface area contributed by atoms with Crippen LogP contribution < -0.4 is 0 Å². The molecule has 0 aromatic heterocycles. The first kappa shape index (κ1) is 19.5. The number of phosphoric acid groups is 1. The molecule has 20 heavy (non-hydrogen) atoms. The van der Waals surface area contributed by atoms with Crippen LogP contribution in [0.25, 0.3) is 0 Å². The number of ether oxygens (including phenoxy) is 1. The monoisotopic (exact) mass is 316 g/mol. The highest BCUT2D eigenvalue weighted by Crippen LogP contribution is 2.43. The van der Waals surface area contributed by atoms with Crippen molar-refractivity contribution in [2.75, 3.05) is 26.4 Å². The summed E-state index contributed by atoms with van der Waals surface area (Å²) in [6.45, 7) is -0.372. The van der Waals surface area contributed by atoms with Crippen LogP contribution in [0.3, 0.4) is 0 Å². The molecule has 0 heterocycles. The molecule has 0 radical (unpaired) electrons. The van der Waals surface area contributed by atoms with Crippen molar-refractivity contribution in [3.05, 3.63) is 0 Å². The third-order valence-corrected chi connectivity index (χ3v) is 2.91. The molecular formula is C10H21O9P. The van der Waals surface area contributed by atoms with E-state index in [4.69, 9.17) is 15.1 Å². The number of aliphatic hydroxyl groups excluding tert-OH is 3. The first-order chi connectivity index (χ1) is 9.30. The maximum absolute atomic E-state index is 11.3. The second-order valence-corrected chi connectivity index (χ2v) is 5.44. The van der Waals surface area contributed by atoms with E-state index >= 15 is 0 Å². The molecule has 0 aliphatic carbocycles. The molecule has 120 valence electrons. The van der Waals surface area contributed by atoms with E-state index in [0.717, 1.165) is 0 Å². The van der Waals surface area contributed by atoms with Crippen molar-refractivity contribution in [1.82, 2.24) is 0 Å². The van der Waals surface area contributed by atoms with Crippen molar-refractivity contribution in [2.45, 2.75) is 32.0 Å². The van der Waals surface area contributed by atoms with Gasteiger partial charge in [0.2, 0.25) is 0 Å². The summed E-state index contributed by atoms with van der Waals surface area (Å²) in [5.74, 6) is -0.485. The molecule has 0 spiro atoms. The molecule has 0 aromatic carbocycles. The zero-order valence-electron chi connectivity index (χ0n) is 11.2. The summed E-state index contributed by atoms with van der Waals surface area (Å²) < 4.78 is 24.7. The van der Waals surface area contributed by atoms with Crippen molar-refractivity contribution >= 4 is 13.8 Å². The number of carbonyl (C=O) groups is 1. The van der Waals surface area contributed by atoms with E-state index in [1.165, 1.54) is 0 Å². The van der Waals surface area contributed by atoms with Gasteiger partial charge in [-0.25, -0.2) is 4.57 Å². The summed E-state index contributed by atoms with van der Waals surface area (Å²) >= 11 is 0. The van der Waals surface area contributed by atoms with Crippen LogP contribution in [-0.2, 0) is 23.1 Å². The molecule has 0 fully saturated rings. The van der Waals surface area contributed by atoms with E-state index in [-0.39, 0.29) is 13.0 Å². The van der Waals surface area contributed by atoms with E-state index in [1.54, 1.807) is 6.92 Å². The maximum Gasteiger partial charge on any atom is 0.472 e. The molecule has 4 N–H and O–H groups in total. The number of phosphoric ester groups is 1. The fourth-order valence-corrected chi connectivity index (χ4v) is 1.76. The second kappa shape index (κ2) is 10.2. The van der Waals surface area contributed by atoms with Crippen LogP contribution in [0, 0.1) is 0 Å². The minimum absolute atomic E-state index is 0.216. The van der Waals surface area contributed by atoms with Gasteiger partial charge in [-0.15, -0.1) is 0 Å². The van der Waals surface area contributed by atoms with Gasteiger partial charge in [0.1, 0.15) is 18.8 Å². The Kier molecular flexibility index (Phi) is 9.95. The van der Waals surface area contributed by atoms with Gasteiger partial charge in [0, 0.05) is 6.42 Å². The van der Waals surface area contributed by atoms with E-state index in [2.05, 4.69) is 13.8 Å². The van der Waals surface area contributed by atoms with Crippen LogP contribution in [0.2, 0.25) is 0 Å². The average molecular weight is 316 g/mol. The first-order valence-electron chi connectivity index (χ1n) is 6.05. The van der Waals surface area contributed by atoms with Crippen molar-refractivity contribution < 1.29 is 43.4 Å². The number of aliphatic hydroxyl groups is 3. The molecule has 0 aromatic rings. The van der Waals surface area contributed by atoms with Gasteiger partial charge >= 0.3 is 13.8 Å². The molecule has 0 aliphatic rings. The van der Waals surface area contributed by atoms with E-state index in [9.17, 15) is 14.5 Å². The zero-order chi connectivity index (χ0) is 15.6. The van der Waals surface area contributed by atoms with Crippen molar-refractivity contribution in [3.63, 3.8) is 0 Å². The molecule has 0 saturated heterocycles. The third kappa shape index (κ3) is 10.3. The largest absolute Gasteiger partial charge is 0.472 e. The van der Waals surface area contributed by atoms with Gasteiger partial charge in [-0.2, -0.15) is 0 Å². The van der Waals surface area contributed by atoms with Crippen LogP contribution >= 0.6 is 7.82 Å². The SMILES string of the molecule is CCCC(=O)OCC(O)COP(=O)(O)OCC(O)CO. The minimum Gasteiger partial charge on any atom is -0.463 e. The van der Waals surface area contributed by atoms with Gasteiger partial charge in [-0.3, -0.25) is 13.8 Å². The Hall–Kier alpha value is -0.540. The average Bonchev–Trinajstić information content (AvgIpc) is 2.40. The summed E-state index contributed by atoms with van der Waals surface area (Å²) in [7, 11) is -4.45. The number of hydrogen-bond donors (Lipinski definition) is 4. The highest BCUT2D eigenvalue weighted by atomic mass is 31.2. The third-order valence-electron chi connectivity index (χ3n) is 1.96. The molecule has 0 bridgehead atoms. The van der Waals surface area contributed by atoms with E-state index in [1.807, 2.05) is 0 Å². The Bertz CT molecular complexity index is 322. The van der Waals surface area contributed by atoms with Gasteiger partial charge in [0.05, 0.1) is 19.8 Å². The highest BCUT2D eigenvalue weighted by Gasteiger charge is 2.24. The first-order valence-corrected chi connectivity index (χ1v) is 7.54. The molecule has 3 unspecified atom stereocenters. The van der Waals surface area contributed by atoms with Crippen LogP contribution in [0.1, 0.15) is 19.8 Å². The van der Waals surface area contributed by atoms with Gasteiger partial charge in [0.25, 0.3) is 0 Å². The van der Waals surface area contributed by atoms with Gasteiger partial charge in [-0.1, -0.05) is 6.92 Å². The molecule has 10 heteroatoms. The van der Waals surface area contributed by atoms with E-state index in [0.29, 0.717) is 6.42 Å². The summed E-state index contributed by atoms with van der Waals surface area (Å²) in [4.78, 5) is 20.2. The standard InChI is InChI=1S/C10H21O9P/c1-2-3-10(14)17-5-9(13)7-19-20(15,16)18-6-8(12)4-11/h8-9,11-13H,2-7H2,1H3,(H,15,16). The number of carbonyl (C=O) groups excluding carboxylic acids is 1. The van der Waals surface area contributed by atoms with Crippen molar-refractivity contribution in [3.8, 4) is 0 Å². The Morgan fingerprint density at radius 3 is 2.20 bits per heavy atom. The van der Waals surface area contributed by atoms with Crippen LogP contribution in [-0.4, -0.2) is 64.8 Å². The minimum atomic E-state index is -4.45. The fourth-order valence-electron chi connectivity index (χ4n) is 0.964. The lowest BCUT2D eigenvalue weighted by molar-refractivity contribution is -0.147. The molecule has 0 aliphatic heterocycles. The lowest BCUT2D eigenvalue weighted by Gasteiger charge is -2.16. The van der Waals surface area contributed by atoms with E-state index < -0.39 is 45.8 Å². The normalized spacial score (nSPS) is 17.2. The van der Waals surface area contributed by atoms with Gasteiger partial charge < -0.3 is 24.9 Å². The molecule has 0 amide bonds. The lowest BCUT2D eigenvalue weighted by atomic mass is 10.3. The van der Waals surface area contributed by atoms with Crippen molar-refractivity contribution in [1.29, 1.82) is 0 Å². The Labute approximate surface area is 116 Å². The number of hydrogen-bond acceptors (Lipinski definition) is 8. The Balaban J connectivity index is 3.88. The van der Waals surface area contributed by atoms with Crippen LogP contribution in [0.5, 0.6) is 0 Å². The summed E-state index contributed by atoms with van der Waals surface area (Å²) in [6, 6.07) is 0. The molecule has 0 rings (SSSR count). The fraction of sp³-hybridized carbons (Fsp3) is 0.900. The van der Waals surface area contributed by atoms with Crippen LogP contribution in [0.15, 0.2) is 0 Å². The predicted octanol–water partition coefficient (Wildman–Crippen LogP) is -0.823. The van der Waals surface area contributed by atoms with Gasteiger partial charge in [-0.05, 0) is 6.42 Å². The smallest absolute Gasteiger partial charge is 0.463 e. The highest BCUT2D eigenvalue weighted by molar-refractivity contribution is 7.47. The van der Waals surface area contributed by atoms with Crippen molar-refractivity contribution in [2.24, 2.45) is 0 Å². The molecule has 9 nitrogen and oxygen atoms in total. The molecule has 3 atom stereocenters. The van der Waals surface area contributed by atoms with Crippen LogP contribution in [0.4, 0.5) is 0 Å². The molecule has 0 saturated carbocycles. The maximum atomic E-state index is 11.3. The lowest BCUT2D eigenvalue weighted by Crippen LogP contribution is -2.24. The number of rotatable bonds is 11. The topological polar surface area (TPSA) is 143 Å². The summed E-state index contributed by atoms with van der Waals surface area (Å²) in [6.07, 6.45) is -1.76.